The van der Waals surface area contributed by atoms with Crippen LogP contribution in [-0.4, -0.2) is 21.1 Å². The van der Waals surface area contributed by atoms with Crippen LogP contribution < -0.4 is 5.48 Å². The summed E-state index contributed by atoms with van der Waals surface area (Å²) in [5.41, 5.74) is 3.91. The second-order valence-corrected chi connectivity index (χ2v) is 6.13. The van der Waals surface area contributed by atoms with Gasteiger partial charge in [-0.1, -0.05) is 38.5 Å². The van der Waals surface area contributed by atoms with Gasteiger partial charge >= 0.3 is 0 Å². The average molecular weight is 328 g/mol. The minimum Gasteiger partial charge on any atom is -0.501 e. The molecule has 1 aromatic carbocycles. The van der Waals surface area contributed by atoms with Crippen molar-refractivity contribution in [2.75, 3.05) is 0 Å². The fourth-order valence-corrected chi connectivity index (χ4v) is 1.85. The molecule has 128 valence electrons. The monoisotopic (exact) mass is 328 g/mol. The largest absolute Gasteiger partial charge is 0.501 e. The zero-order valence-electron chi connectivity index (χ0n) is 14.1. The highest BCUT2D eigenvalue weighted by Gasteiger charge is 2.21. The maximum atomic E-state index is 9.80. The first-order valence-electron chi connectivity index (χ1n) is 7.58. The molecule has 0 aliphatic heterocycles. The number of rotatable bonds is 7. The fraction of sp³-hybridized carbons (Fsp3) is 0.316. The summed E-state index contributed by atoms with van der Waals surface area (Å²) in [5.74, 6) is 5.21. The van der Waals surface area contributed by atoms with Gasteiger partial charge in [0, 0.05) is 28.5 Å². The van der Waals surface area contributed by atoms with Gasteiger partial charge in [-0.2, -0.15) is 0 Å². The maximum Gasteiger partial charge on any atom is 0.169 e. The summed E-state index contributed by atoms with van der Waals surface area (Å²) in [5, 5.41) is 35.6. The molecule has 0 heterocycles. The van der Waals surface area contributed by atoms with Crippen LogP contribution in [0.25, 0.3) is 0 Å². The molecule has 5 N–H and O–H groups in total. The van der Waals surface area contributed by atoms with Gasteiger partial charge in [-0.05, 0) is 36.5 Å². The third-order valence-corrected chi connectivity index (χ3v) is 3.75. The van der Waals surface area contributed by atoms with E-state index in [0.717, 1.165) is 5.56 Å². The Kier molecular flexibility index (Phi) is 7.25. The van der Waals surface area contributed by atoms with Crippen molar-refractivity contribution in [1.29, 1.82) is 5.41 Å². The summed E-state index contributed by atoms with van der Waals surface area (Å²) >= 11 is 0. The lowest BCUT2D eigenvalue weighted by atomic mass is 9.84. The van der Waals surface area contributed by atoms with Gasteiger partial charge in [0.15, 0.2) is 5.76 Å². The van der Waals surface area contributed by atoms with E-state index >= 15 is 0 Å². The number of hydroxylamine groups is 1. The first-order valence-corrected chi connectivity index (χ1v) is 7.58. The molecule has 0 saturated heterocycles. The number of aliphatic hydroxyl groups excluding tert-OH is 2. The van der Waals surface area contributed by atoms with Crippen LogP contribution in [0.4, 0.5) is 0 Å². The minimum absolute atomic E-state index is 0.0232. The first kappa shape index (κ1) is 19.5. The quantitative estimate of drug-likeness (QED) is 0.230. The smallest absolute Gasteiger partial charge is 0.169 e. The molecule has 5 heteroatoms. The molecule has 0 fully saturated rings. The van der Waals surface area contributed by atoms with Crippen LogP contribution in [0.3, 0.4) is 0 Å². The molecule has 0 bridgehead atoms. The fourth-order valence-electron chi connectivity index (χ4n) is 1.85. The molecule has 1 rings (SSSR count). The molecule has 1 aromatic rings. The van der Waals surface area contributed by atoms with Crippen LogP contribution in [-0.2, 0) is 6.61 Å². The Labute approximate surface area is 142 Å². The van der Waals surface area contributed by atoms with E-state index in [0.29, 0.717) is 24.1 Å². The van der Waals surface area contributed by atoms with Crippen LogP contribution >= 0.6 is 0 Å². The number of aliphatic hydroxyl groups is 2. The number of hydrogen-bond donors (Lipinski definition) is 5. The van der Waals surface area contributed by atoms with Crippen molar-refractivity contribution in [3.8, 4) is 11.8 Å². The van der Waals surface area contributed by atoms with Crippen molar-refractivity contribution in [1.82, 2.24) is 5.48 Å². The summed E-state index contributed by atoms with van der Waals surface area (Å²) in [6, 6.07) is 7.04. The Bertz CT molecular complexity index is 677. The second kappa shape index (κ2) is 8.92. The highest BCUT2D eigenvalue weighted by Crippen LogP contribution is 2.28. The summed E-state index contributed by atoms with van der Waals surface area (Å²) < 4.78 is 0. The molecule has 0 saturated carbocycles. The highest BCUT2D eigenvalue weighted by atomic mass is 16.5. The van der Waals surface area contributed by atoms with E-state index in [1.54, 1.807) is 24.3 Å². The van der Waals surface area contributed by atoms with E-state index in [1.807, 2.05) is 19.3 Å². The second-order valence-electron chi connectivity index (χ2n) is 6.13. The molecular formula is C19H24N2O3. The molecule has 24 heavy (non-hydrogen) atoms. The van der Waals surface area contributed by atoms with Gasteiger partial charge in [0.1, 0.15) is 0 Å². The average Bonchev–Trinajstić information content (AvgIpc) is 2.58. The van der Waals surface area contributed by atoms with Gasteiger partial charge < -0.3 is 15.6 Å². The molecule has 0 atom stereocenters. The predicted octanol–water partition coefficient (Wildman–Crippen LogP) is 3.29. The Morgan fingerprint density at radius 2 is 1.96 bits per heavy atom. The van der Waals surface area contributed by atoms with Gasteiger partial charge in [0.2, 0.25) is 0 Å². The van der Waals surface area contributed by atoms with E-state index in [1.165, 1.54) is 6.08 Å². The van der Waals surface area contributed by atoms with Crippen LogP contribution in [0, 0.1) is 22.7 Å². The summed E-state index contributed by atoms with van der Waals surface area (Å²) in [6.07, 6.45) is 2.34. The highest BCUT2D eigenvalue weighted by molar-refractivity contribution is 5.93. The van der Waals surface area contributed by atoms with Crippen LogP contribution in [0.1, 0.15) is 37.8 Å². The van der Waals surface area contributed by atoms with E-state index in [9.17, 15) is 5.11 Å². The lowest BCUT2D eigenvalue weighted by molar-refractivity contribution is 0.167. The Morgan fingerprint density at radius 1 is 1.33 bits per heavy atom. The molecule has 5 nitrogen and oxygen atoms in total. The molecule has 0 aliphatic carbocycles. The Balaban J connectivity index is 2.64. The van der Waals surface area contributed by atoms with Gasteiger partial charge in [0.25, 0.3) is 0 Å². The molecule has 0 aromatic heterocycles. The number of benzene rings is 1. The molecule has 0 unspecified atom stereocenters. The minimum atomic E-state index is -0.370. The molecular weight excluding hydrogens is 304 g/mol. The number of hydrogen-bond acceptors (Lipinski definition) is 5. The third-order valence-electron chi connectivity index (χ3n) is 3.75. The van der Waals surface area contributed by atoms with Gasteiger partial charge in [0.05, 0.1) is 6.61 Å². The van der Waals surface area contributed by atoms with E-state index in [4.69, 9.17) is 15.7 Å². The van der Waals surface area contributed by atoms with Gasteiger partial charge in [-0.15, -0.1) is 0 Å². The van der Waals surface area contributed by atoms with E-state index in [2.05, 4.69) is 18.4 Å². The van der Waals surface area contributed by atoms with Gasteiger partial charge in [-0.25, -0.2) is 0 Å². The van der Waals surface area contributed by atoms with Crippen molar-refractivity contribution in [2.24, 2.45) is 5.41 Å². The van der Waals surface area contributed by atoms with Crippen molar-refractivity contribution in [3.05, 3.63) is 59.5 Å². The maximum absolute atomic E-state index is 9.80. The van der Waals surface area contributed by atoms with Crippen molar-refractivity contribution in [2.45, 2.75) is 33.3 Å². The van der Waals surface area contributed by atoms with Crippen LogP contribution in [0.15, 0.2) is 48.4 Å². The van der Waals surface area contributed by atoms with Crippen molar-refractivity contribution >= 4 is 5.71 Å². The van der Waals surface area contributed by atoms with Crippen LogP contribution in [0.2, 0.25) is 0 Å². The zero-order chi connectivity index (χ0) is 18.2. The number of nitrogens with one attached hydrogen (secondary N) is 2. The Morgan fingerprint density at radius 3 is 2.50 bits per heavy atom. The molecule has 0 radical (unpaired) electrons. The first-order chi connectivity index (χ1) is 11.3. The molecule has 0 amide bonds. The molecule has 0 aliphatic rings. The van der Waals surface area contributed by atoms with E-state index < -0.39 is 0 Å². The third kappa shape index (κ3) is 6.29. The Hall–Kier alpha value is -2.55. The zero-order valence-corrected chi connectivity index (χ0v) is 14.1. The number of allylic oxidation sites excluding steroid dienone is 3. The van der Waals surface area contributed by atoms with Crippen molar-refractivity contribution in [3.63, 3.8) is 0 Å². The topological polar surface area (TPSA) is 96.6 Å². The summed E-state index contributed by atoms with van der Waals surface area (Å²) in [7, 11) is 0. The summed E-state index contributed by atoms with van der Waals surface area (Å²) in [4.78, 5) is 0. The normalized spacial score (nSPS) is 11.4. The molecule has 0 spiro atoms. The predicted molar refractivity (Wildman–Crippen MR) is 94.8 cm³/mol. The van der Waals surface area contributed by atoms with E-state index in [-0.39, 0.29) is 23.5 Å². The van der Waals surface area contributed by atoms with Gasteiger partial charge in [-0.3, -0.25) is 10.7 Å². The summed E-state index contributed by atoms with van der Waals surface area (Å²) in [6.45, 7) is 7.52. The SMILES string of the molecule is C=C(NO)C(C)(C)CCC(=N)/C=C(\O)C#Cc1ccc(CO)cc1. The van der Waals surface area contributed by atoms with Crippen LogP contribution in [0.5, 0.6) is 0 Å². The lowest BCUT2D eigenvalue weighted by Gasteiger charge is -2.25. The lowest BCUT2D eigenvalue weighted by Crippen LogP contribution is -2.24. The van der Waals surface area contributed by atoms with Crippen molar-refractivity contribution < 1.29 is 15.4 Å². The standard InChI is InChI=1S/C19H24N2O3/c1-14(21-24)19(2,3)11-10-17(20)12-18(23)9-8-15-4-6-16(13-22)7-5-15/h4-7,12,20-24H,1,10-11,13H2,2-3H3/b18-12-,20-17?.